The van der Waals surface area contributed by atoms with Crippen LogP contribution in [0.1, 0.15) is 5.56 Å². The van der Waals surface area contributed by atoms with Gasteiger partial charge in [-0.15, -0.1) is 0 Å². The first-order valence-electron chi connectivity index (χ1n) is 4.59. The van der Waals surface area contributed by atoms with Gasteiger partial charge in [-0.2, -0.15) is 8.42 Å². The van der Waals surface area contributed by atoms with Crippen LogP contribution in [0.3, 0.4) is 0 Å². The number of rotatable bonds is 3. The summed E-state index contributed by atoms with van der Waals surface area (Å²) in [5.41, 5.74) is -0.0389. The fourth-order valence-electron chi connectivity index (χ4n) is 0.966. The lowest BCUT2D eigenvalue weighted by molar-refractivity contribution is -0.385. The number of aliphatic carboxylic acids is 1. The number of benzene rings is 1. The molecule has 1 aromatic rings. The van der Waals surface area contributed by atoms with Crippen LogP contribution in [0.2, 0.25) is 0 Å². The maximum Gasteiger partial charge on any atom is 0.394 e. The summed E-state index contributed by atoms with van der Waals surface area (Å²) in [4.78, 5) is 19.8. The molecule has 0 aliphatic carbocycles. The van der Waals surface area contributed by atoms with Gasteiger partial charge in [0.05, 0.1) is 4.92 Å². The molecular weight excluding hydrogens is 298 g/mol. The van der Waals surface area contributed by atoms with E-state index in [4.69, 9.17) is 22.6 Å². The minimum absolute atomic E-state index is 0.375. The van der Waals surface area contributed by atoms with Gasteiger partial charge in [0.2, 0.25) is 0 Å². The smallest absolute Gasteiger partial charge is 0.394 e. The van der Waals surface area contributed by atoms with Crippen molar-refractivity contribution in [2.45, 2.75) is 0 Å². The Balaban J connectivity index is 0.000000621. The Morgan fingerprint density at radius 3 is 2.15 bits per heavy atom. The summed E-state index contributed by atoms with van der Waals surface area (Å²) in [6.45, 7) is 0. The number of carboxylic acids is 1. The second kappa shape index (κ2) is 7.18. The molecule has 0 radical (unpaired) electrons. The zero-order valence-electron chi connectivity index (χ0n) is 9.57. The largest absolute Gasteiger partial charge is 0.502 e. The van der Waals surface area contributed by atoms with Crippen molar-refractivity contribution < 1.29 is 37.5 Å². The number of aromatic hydroxyl groups is 1. The highest BCUT2D eigenvalue weighted by Crippen LogP contribution is 2.26. The van der Waals surface area contributed by atoms with Crippen LogP contribution in [-0.4, -0.2) is 38.6 Å². The standard InChI is InChI=1S/C9H7NO5.H2O4S/c11-8-5-6(2-4-9(12)13)1-3-7(8)10(14)15;1-5(2,3)4/h1-5,11H,(H,12,13);(H2,1,2,3,4). The Morgan fingerprint density at radius 2 is 1.80 bits per heavy atom. The van der Waals surface area contributed by atoms with Crippen molar-refractivity contribution in [1.82, 2.24) is 0 Å². The van der Waals surface area contributed by atoms with Gasteiger partial charge in [0.1, 0.15) is 0 Å². The molecule has 0 amide bonds. The summed E-state index contributed by atoms with van der Waals surface area (Å²) >= 11 is 0. The minimum Gasteiger partial charge on any atom is -0.502 e. The second-order valence-corrected chi connectivity index (χ2v) is 4.02. The first-order chi connectivity index (χ1) is 9.00. The van der Waals surface area contributed by atoms with Crippen molar-refractivity contribution in [2.75, 3.05) is 0 Å². The molecule has 0 saturated heterocycles. The van der Waals surface area contributed by atoms with Crippen molar-refractivity contribution >= 4 is 28.1 Å². The SMILES string of the molecule is O=C(O)C=Cc1ccc([N+](=O)[O-])c(O)c1.O=S(=O)(O)O. The van der Waals surface area contributed by atoms with E-state index in [1.165, 1.54) is 12.1 Å². The molecular formula is C9H9NO9S. The summed E-state index contributed by atoms with van der Waals surface area (Å²) in [6, 6.07) is 3.58. The van der Waals surface area contributed by atoms with E-state index >= 15 is 0 Å². The number of hydrogen-bond donors (Lipinski definition) is 4. The fraction of sp³-hybridized carbons (Fsp3) is 0. The molecule has 0 saturated carbocycles. The lowest BCUT2D eigenvalue weighted by Crippen LogP contribution is -1.89. The third-order valence-corrected chi connectivity index (χ3v) is 1.61. The maximum absolute atomic E-state index is 10.3. The average molecular weight is 307 g/mol. The molecule has 1 aromatic carbocycles. The number of carbonyl (C=O) groups is 1. The summed E-state index contributed by atoms with van der Waals surface area (Å²) in [5.74, 6) is -1.62. The number of hydrogen-bond acceptors (Lipinski definition) is 6. The van der Waals surface area contributed by atoms with Crippen molar-refractivity contribution in [1.29, 1.82) is 0 Å². The second-order valence-electron chi connectivity index (χ2n) is 3.12. The molecule has 110 valence electrons. The Morgan fingerprint density at radius 1 is 1.30 bits per heavy atom. The molecule has 0 fully saturated rings. The van der Waals surface area contributed by atoms with E-state index in [9.17, 15) is 20.0 Å². The molecule has 4 N–H and O–H groups in total. The molecule has 0 bridgehead atoms. The molecule has 20 heavy (non-hydrogen) atoms. The van der Waals surface area contributed by atoms with Gasteiger partial charge in [-0.25, -0.2) is 4.79 Å². The van der Waals surface area contributed by atoms with Crippen LogP contribution in [-0.2, 0) is 15.2 Å². The van der Waals surface area contributed by atoms with Gasteiger partial charge >= 0.3 is 22.1 Å². The van der Waals surface area contributed by atoms with Gasteiger partial charge in [-0.05, 0) is 23.8 Å². The normalized spacial score (nSPS) is 10.7. The Hall–Kier alpha value is -2.50. The Kier molecular flexibility index (Phi) is 6.28. The molecule has 0 spiro atoms. The summed E-state index contributed by atoms with van der Waals surface area (Å²) in [6.07, 6.45) is 2.10. The predicted octanol–water partition coefficient (Wildman–Crippen LogP) is 0.745. The van der Waals surface area contributed by atoms with Gasteiger partial charge < -0.3 is 10.2 Å². The highest BCUT2D eigenvalue weighted by Gasteiger charge is 2.11. The van der Waals surface area contributed by atoms with Gasteiger partial charge in [-0.3, -0.25) is 19.2 Å². The zero-order chi connectivity index (χ0) is 15.9. The zero-order valence-corrected chi connectivity index (χ0v) is 10.4. The molecule has 1 rings (SSSR count). The van der Waals surface area contributed by atoms with Crippen LogP contribution in [0.15, 0.2) is 24.3 Å². The summed E-state index contributed by atoms with van der Waals surface area (Å²) in [7, 11) is -4.67. The number of carboxylic acid groups (broad SMARTS) is 1. The van der Waals surface area contributed by atoms with Crippen LogP contribution in [0.5, 0.6) is 5.75 Å². The highest BCUT2D eigenvalue weighted by molar-refractivity contribution is 7.79. The first kappa shape index (κ1) is 17.5. The third kappa shape index (κ3) is 8.57. The van der Waals surface area contributed by atoms with Crippen LogP contribution >= 0.6 is 0 Å². The monoisotopic (exact) mass is 307 g/mol. The van der Waals surface area contributed by atoms with Crippen LogP contribution in [0.4, 0.5) is 5.69 Å². The lowest BCUT2D eigenvalue weighted by atomic mass is 10.2. The molecule has 0 aliphatic heterocycles. The maximum atomic E-state index is 10.3. The quantitative estimate of drug-likeness (QED) is 0.271. The minimum atomic E-state index is -4.67. The van der Waals surface area contributed by atoms with Gasteiger partial charge in [0.15, 0.2) is 5.75 Å². The number of phenols is 1. The van der Waals surface area contributed by atoms with Crippen molar-refractivity contribution in [3.8, 4) is 5.75 Å². The number of nitro groups is 1. The Bertz CT molecular complexity index is 627. The molecule has 0 aromatic heterocycles. The first-order valence-corrected chi connectivity index (χ1v) is 5.98. The fourth-order valence-corrected chi connectivity index (χ4v) is 0.966. The van der Waals surface area contributed by atoms with Crippen molar-refractivity contribution in [3.05, 3.63) is 40.0 Å². The summed E-state index contributed by atoms with van der Waals surface area (Å²) in [5, 5.41) is 27.9. The van der Waals surface area contributed by atoms with E-state index < -0.39 is 32.7 Å². The number of nitrogens with zero attached hydrogens (tertiary/aromatic N) is 1. The Labute approximate surface area is 112 Å². The van der Waals surface area contributed by atoms with E-state index in [0.717, 1.165) is 18.2 Å². The van der Waals surface area contributed by atoms with E-state index in [1.54, 1.807) is 0 Å². The predicted molar refractivity (Wildman–Crippen MR) is 65.6 cm³/mol. The molecule has 0 unspecified atom stereocenters. The molecule has 10 nitrogen and oxygen atoms in total. The molecule has 0 aliphatic rings. The van der Waals surface area contributed by atoms with E-state index in [2.05, 4.69) is 0 Å². The van der Waals surface area contributed by atoms with Gasteiger partial charge in [0, 0.05) is 12.1 Å². The number of phenolic OH excluding ortho intramolecular Hbond substituents is 1. The van der Waals surface area contributed by atoms with Crippen LogP contribution in [0.25, 0.3) is 6.08 Å². The lowest BCUT2D eigenvalue weighted by Gasteiger charge is -1.96. The molecule has 0 heterocycles. The van der Waals surface area contributed by atoms with Crippen molar-refractivity contribution in [3.63, 3.8) is 0 Å². The van der Waals surface area contributed by atoms with E-state index in [-0.39, 0.29) is 0 Å². The third-order valence-electron chi connectivity index (χ3n) is 1.61. The molecule has 0 atom stereocenters. The van der Waals surface area contributed by atoms with Gasteiger partial charge in [-0.1, -0.05) is 0 Å². The average Bonchev–Trinajstić information content (AvgIpc) is 2.23. The topological polar surface area (TPSA) is 175 Å². The number of nitro benzene ring substituents is 1. The molecule has 11 heteroatoms. The summed E-state index contributed by atoms with van der Waals surface area (Å²) < 4.78 is 31.6. The van der Waals surface area contributed by atoms with Crippen LogP contribution in [0, 0.1) is 10.1 Å². The van der Waals surface area contributed by atoms with Crippen LogP contribution < -0.4 is 0 Å². The van der Waals surface area contributed by atoms with E-state index in [0.29, 0.717) is 5.56 Å². The van der Waals surface area contributed by atoms with Crippen molar-refractivity contribution in [2.24, 2.45) is 0 Å². The highest BCUT2D eigenvalue weighted by atomic mass is 32.3. The van der Waals surface area contributed by atoms with Gasteiger partial charge in [0.25, 0.3) is 0 Å². The van der Waals surface area contributed by atoms with E-state index in [1.807, 2.05) is 0 Å².